The van der Waals surface area contributed by atoms with E-state index in [0.717, 1.165) is 42.3 Å². The summed E-state index contributed by atoms with van der Waals surface area (Å²) < 4.78 is 1.75. The molecule has 0 spiro atoms. The lowest BCUT2D eigenvalue weighted by molar-refractivity contribution is -0.119. The number of aryl methyl sites for hydroxylation is 2. The van der Waals surface area contributed by atoms with E-state index in [0.29, 0.717) is 23.5 Å². The van der Waals surface area contributed by atoms with Gasteiger partial charge < -0.3 is 5.32 Å². The molecule has 1 saturated carbocycles. The second-order valence-electron chi connectivity index (χ2n) is 8.23. The van der Waals surface area contributed by atoms with Crippen LogP contribution in [0.4, 0.5) is 0 Å². The summed E-state index contributed by atoms with van der Waals surface area (Å²) in [5, 5.41) is 4.72. The van der Waals surface area contributed by atoms with Gasteiger partial charge in [0.15, 0.2) is 5.16 Å². The first-order valence-electron chi connectivity index (χ1n) is 11.1. The lowest BCUT2D eigenvalue weighted by Crippen LogP contribution is -2.36. The van der Waals surface area contributed by atoms with Crippen molar-refractivity contribution in [2.75, 3.05) is 5.75 Å². The Morgan fingerprint density at radius 3 is 2.62 bits per heavy atom. The van der Waals surface area contributed by atoms with Crippen LogP contribution in [-0.4, -0.2) is 27.3 Å². The largest absolute Gasteiger partial charge is 0.353 e. The van der Waals surface area contributed by atoms with E-state index < -0.39 is 0 Å². The monoisotopic (exact) mass is 433 g/mol. The molecule has 29 heavy (non-hydrogen) atoms. The number of rotatable bonds is 5. The number of hydrogen-bond acceptors (Lipinski definition) is 5. The average molecular weight is 434 g/mol. The Hall–Kier alpha value is -1.34. The molecule has 2 aromatic heterocycles. The van der Waals surface area contributed by atoms with E-state index in [9.17, 15) is 9.59 Å². The molecule has 0 aromatic carbocycles. The topological polar surface area (TPSA) is 64.0 Å². The van der Waals surface area contributed by atoms with E-state index in [2.05, 4.69) is 5.32 Å². The van der Waals surface area contributed by atoms with Gasteiger partial charge in [0.25, 0.3) is 5.56 Å². The molecule has 4 rings (SSSR count). The maximum absolute atomic E-state index is 13.2. The molecule has 0 radical (unpaired) electrons. The van der Waals surface area contributed by atoms with Gasteiger partial charge >= 0.3 is 0 Å². The Kier molecular flexibility index (Phi) is 6.96. The van der Waals surface area contributed by atoms with Gasteiger partial charge in [0, 0.05) is 17.5 Å². The quantitative estimate of drug-likeness (QED) is 0.549. The molecule has 158 valence electrons. The van der Waals surface area contributed by atoms with Crippen LogP contribution in [0.5, 0.6) is 0 Å². The molecule has 1 fully saturated rings. The number of aromatic nitrogens is 2. The summed E-state index contributed by atoms with van der Waals surface area (Å²) in [4.78, 5) is 32.7. The minimum Gasteiger partial charge on any atom is -0.353 e. The summed E-state index contributed by atoms with van der Waals surface area (Å²) in [5.74, 6) is 0.377. The van der Waals surface area contributed by atoms with Crippen LogP contribution in [-0.2, 0) is 24.2 Å². The lowest BCUT2D eigenvalue weighted by Gasteiger charge is -2.21. The standard InChI is InChI=1S/C22H31N3O2S2/c1-2-25-21(27)19-16-12-8-9-13-17(16)29-20(19)24-22(25)28-14-18(26)23-15-10-6-4-3-5-7-11-15/h15H,2-14H2,1H3,(H,23,26). The van der Waals surface area contributed by atoms with E-state index in [1.54, 1.807) is 15.9 Å². The van der Waals surface area contributed by atoms with Crippen molar-refractivity contribution >= 4 is 39.2 Å². The lowest BCUT2D eigenvalue weighted by atomic mass is 9.97. The molecule has 0 saturated heterocycles. The third kappa shape index (κ3) is 4.71. The van der Waals surface area contributed by atoms with E-state index in [1.807, 2.05) is 6.92 Å². The molecule has 7 heteroatoms. The molecule has 2 heterocycles. The Bertz CT molecular complexity index is 926. The van der Waals surface area contributed by atoms with Crippen molar-refractivity contribution in [3.05, 3.63) is 20.8 Å². The van der Waals surface area contributed by atoms with E-state index in [1.165, 1.54) is 60.7 Å². The van der Waals surface area contributed by atoms with Crippen molar-refractivity contribution in [1.82, 2.24) is 14.9 Å². The van der Waals surface area contributed by atoms with Gasteiger partial charge in [0.05, 0.1) is 11.1 Å². The highest BCUT2D eigenvalue weighted by Gasteiger charge is 2.22. The molecule has 2 aliphatic rings. The van der Waals surface area contributed by atoms with Crippen molar-refractivity contribution in [3.63, 3.8) is 0 Å². The molecular formula is C22H31N3O2S2. The molecule has 2 aliphatic carbocycles. The zero-order valence-corrected chi connectivity index (χ0v) is 18.9. The Labute approximate surface area is 180 Å². The van der Waals surface area contributed by atoms with Crippen molar-refractivity contribution in [1.29, 1.82) is 0 Å². The smallest absolute Gasteiger partial charge is 0.263 e. The van der Waals surface area contributed by atoms with Crippen LogP contribution in [0.1, 0.15) is 75.2 Å². The van der Waals surface area contributed by atoms with Crippen LogP contribution in [0.15, 0.2) is 9.95 Å². The zero-order valence-electron chi connectivity index (χ0n) is 17.3. The predicted molar refractivity (Wildman–Crippen MR) is 121 cm³/mol. The average Bonchev–Trinajstić information content (AvgIpc) is 3.07. The second kappa shape index (κ2) is 9.65. The number of thioether (sulfide) groups is 1. The van der Waals surface area contributed by atoms with E-state index in [-0.39, 0.29) is 11.5 Å². The summed E-state index contributed by atoms with van der Waals surface area (Å²) in [6, 6.07) is 0.302. The molecular weight excluding hydrogens is 402 g/mol. The third-order valence-electron chi connectivity index (χ3n) is 6.16. The van der Waals surface area contributed by atoms with Crippen LogP contribution >= 0.6 is 23.1 Å². The second-order valence-corrected chi connectivity index (χ2v) is 10.3. The van der Waals surface area contributed by atoms with Gasteiger partial charge in [0.1, 0.15) is 4.83 Å². The SMILES string of the molecule is CCn1c(SCC(=O)NC2CCCCCCC2)nc2sc3c(c2c1=O)CCCC3. The number of nitrogens with one attached hydrogen (secondary N) is 1. The van der Waals surface area contributed by atoms with Crippen molar-refractivity contribution in [2.24, 2.45) is 0 Å². The summed E-state index contributed by atoms with van der Waals surface area (Å²) in [6.45, 7) is 2.56. The summed E-state index contributed by atoms with van der Waals surface area (Å²) in [7, 11) is 0. The molecule has 1 N–H and O–H groups in total. The van der Waals surface area contributed by atoms with Crippen LogP contribution in [0.3, 0.4) is 0 Å². The fourth-order valence-electron chi connectivity index (χ4n) is 4.61. The van der Waals surface area contributed by atoms with Gasteiger partial charge in [-0.3, -0.25) is 14.2 Å². The molecule has 1 amide bonds. The first kappa shape index (κ1) is 20.9. The summed E-state index contributed by atoms with van der Waals surface area (Å²) in [6.07, 6.45) is 12.9. The Morgan fingerprint density at radius 2 is 1.86 bits per heavy atom. The highest BCUT2D eigenvalue weighted by molar-refractivity contribution is 7.99. The van der Waals surface area contributed by atoms with Crippen LogP contribution in [0, 0.1) is 0 Å². The van der Waals surface area contributed by atoms with E-state index >= 15 is 0 Å². The number of amides is 1. The van der Waals surface area contributed by atoms with Gasteiger partial charge in [-0.2, -0.15) is 0 Å². The van der Waals surface area contributed by atoms with Crippen molar-refractivity contribution in [3.8, 4) is 0 Å². The highest BCUT2D eigenvalue weighted by atomic mass is 32.2. The minimum absolute atomic E-state index is 0.0584. The Balaban J connectivity index is 1.48. The first-order chi connectivity index (χ1) is 14.2. The number of nitrogens with zero attached hydrogens (tertiary/aromatic N) is 2. The molecule has 0 aliphatic heterocycles. The number of thiophene rings is 1. The van der Waals surface area contributed by atoms with Gasteiger partial charge in [-0.15, -0.1) is 11.3 Å². The molecule has 0 atom stereocenters. The molecule has 5 nitrogen and oxygen atoms in total. The van der Waals surface area contributed by atoms with Gasteiger partial charge in [0.2, 0.25) is 5.91 Å². The van der Waals surface area contributed by atoms with Crippen molar-refractivity contribution in [2.45, 2.75) is 95.3 Å². The number of fused-ring (bicyclic) bond motifs is 3. The van der Waals surface area contributed by atoms with Gasteiger partial charge in [-0.25, -0.2) is 4.98 Å². The van der Waals surface area contributed by atoms with Crippen LogP contribution in [0.25, 0.3) is 10.2 Å². The zero-order chi connectivity index (χ0) is 20.2. The number of carbonyl (C=O) groups excluding carboxylic acids is 1. The number of hydrogen-bond donors (Lipinski definition) is 1. The Morgan fingerprint density at radius 1 is 1.14 bits per heavy atom. The van der Waals surface area contributed by atoms with Crippen LogP contribution in [0.2, 0.25) is 0 Å². The first-order valence-corrected chi connectivity index (χ1v) is 12.9. The maximum atomic E-state index is 13.2. The normalized spacial score (nSPS) is 18.2. The predicted octanol–water partition coefficient (Wildman–Crippen LogP) is 4.68. The molecule has 2 aromatic rings. The van der Waals surface area contributed by atoms with Gasteiger partial charge in [-0.05, 0) is 51.0 Å². The van der Waals surface area contributed by atoms with E-state index in [4.69, 9.17) is 4.98 Å². The minimum atomic E-state index is 0.0584. The molecule has 0 bridgehead atoms. The number of carbonyl (C=O) groups is 1. The maximum Gasteiger partial charge on any atom is 0.263 e. The fraction of sp³-hybridized carbons (Fsp3) is 0.682. The fourth-order valence-corrected chi connectivity index (χ4v) is 6.79. The third-order valence-corrected chi connectivity index (χ3v) is 8.32. The van der Waals surface area contributed by atoms with Crippen LogP contribution < -0.4 is 10.9 Å². The highest BCUT2D eigenvalue weighted by Crippen LogP contribution is 2.34. The van der Waals surface area contributed by atoms with Gasteiger partial charge in [-0.1, -0.05) is 43.9 Å². The molecule has 0 unspecified atom stereocenters. The van der Waals surface area contributed by atoms with Crippen molar-refractivity contribution < 1.29 is 4.79 Å². The summed E-state index contributed by atoms with van der Waals surface area (Å²) in [5.41, 5.74) is 1.30. The summed E-state index contributed by atoms with van der Waals surface area (Å²) >= 11 is 3.07.